The lowest BCUT2D eigenvalue weighted by Gasteiger charge is -2.10. The SMILES string of the molecule is COc1ccc(C(=O)O)cc1NC(=O)c1cncs1. The van der Waals surface area contributed by atoms with Crippen molar-refractivity contribution in [1.29, 1.82) is 0 Å². The van der Waals surface area contributed by atoms with Gasteiger partial charge in [0, 0.05) is 0 Å². The van der Waals surface area contributed by atoms with Crippen molar-refractivity contribution >= 4 is 28.9 Å². The number of anilines is 1. The highest BCUT2D eigenvalue weighted by atomic mass is 32.1. The summed E-state index contributed by atoms with van der Waals surface area (Å²) in [6, 6.07) is 4.25. The first-order valence-corrected chi connectivity index (χ1v) is 6.11. The molecule has 6 nitrogen and oxygen atoms in total. The fourth-order valence-corrected chi connectivity index (χ4v) is 1.97. The van der Waals surface area contributed by atoms with Crippen molar-refractivity contribution in [1.82, 2.24) is 4.98 Å². The van der Waals surface area contributed by atoms with E-state index in [1.54, 1.807) is 5.51 Å². The van der Waals surface area contributed by atoms with Crippen molar-refractivity contribution in [3.8, 4) is 5.75 Å². The molecule has 1 heterocycles. The van der Waals surface area contributed by atoms with Crippen LogP contribution in [0.4, 0.5) is 5.69 Å². The third-order valence-electron chi connectivity index (χ3n) is 2.35. The molecule has 0 spiro atoms. The smallest absolute Gasteiger partial charge is 0.335 e. The minimum atomic E-state index is -1.07. The van der Waals surface area contributed by atoms with Gasteiger partial charge in [-0.1, -0.05) is 0 Å². The van der Waals surface area contributed by atoms with Gasteiger partial charge in [0.05, 0.1) is 30.1 Å². The van der Waals surface area contributed by atoms with Crippen molar-refractivity contribution in [2.75, 3.05) is 12.4 Å². The van der Waals surface area contributed by atoms with Gasteiger partial charge in [0.2, 0.25) is 0 Å². The summed E-state index contributed by atoms with van der Waals surface area (Å²) in [5.41, 5.74) is 1.92. The van der Waals surface area contributed by atoms with Crippen molar-refractivity contribution in [2.45, 2.75) is 0 Å². The van der Waals surface area contributed by atoms with Crippen LogP contribution in [0.2, 0.25) is 0 Å². The highest BCUT2D eigenvalue weighted by molar-refractivity contribution is 7.11. The third-order valence-corrected chi connectivity index (χ3v) is 3.12. The number of hydrogen-bond acceptors (Lipinski definition) is 5. The molecule has 2 N–H and O–H groups in total. The summed E-state index contributed by atoms with van der Waals surface area (Å²) in [6.45, 7) is 0. The number of carbonyl (C=O) groups excluding carboxylic acids is 1. The summed E-state index contributed by atoms with van der Waals surface area (Å²) >= 11 is 1.19. The molecular weight excluding hydrogens is 268 g/mol. The van der Waals surface area contributed by atoms with Gasteiger partial charge in [0.25, 0.3) is 5.91 Å². The van der Waals surface area contributed by atoms with Crippen LogP contribution in [0.25, 0.3) is 0 Å². The van der Waals surface area contributed by atoms with Crippen LogP contribution in [0.5, 0.6) is 5.75 Å². The molecule has 0 unspecified atom stereocenters. The first kappa shape index (κ1) is 13.0. The van der Waals surface area contributed by atoms with Crippen molar-refractivity contribution in [3.05, 3.63) is 40.3 Å². The topological polar surface area (TPSA) is 88.5 Å². The van der Waals surface area contributed by atoms with E-state index in [1.165, 1.54) is 42.8 Å². The van der Waals surface area contributed by atoms with E-state index < -0.39 is 5.97 Å². The first-order chi connectivity index (χ1) is 9.11. The molecule has 0 saturated heterocycles. The fraction of sp³-hybridized carbons (Fsp3) is 0.0833. The lowest BCUT2D eigenvalue weighted by molar-refractivity contribution is 0.0696. The second-order valence-corrected chi connectivity index (χ2v) is 4.43. The van der Waals surface area contributed by atoms with Crippen LogP contribution in [0.15, 0.2) is 29.9 Å². The molecular formula is C12H10N2O4S. The molecule has 2 aromatic rings. The number of carboxylic acid groups (broad SMARTS) is 1. The standard InChI is InChI=1S/C12H10N2O4S/c1-18-9-3-2-7(12(16)17)4-8(9)14-11(15)10-5-13-6-19-10/h2-6H,1H3,(H,14,15)(H,16,17). The number of nitrogens with one attached hydrogen (secondary N) is 1. The normalized spacial score (nSPS) is 9.95. The average molecular weight is 278 g/mol. The molecule has 0 aliphatic rings. The molecule has 7 heteroatoms. The predicted octanol–water partition coefficient (Wildman–Crippen LogP) is 2.10. The maximum atomic E-state index is 11.9. The number of carbonyl (C=O) groups is 2. The van der Waals surface area contributed by atoms with Crippen LogP contribution < -0.4 is 10.1 Å². The molecule has 0 saturated carbocycles. The summed E-state index contributed by atoms with van der Waals surface area (Å²) in [6.07, 6.45) is 1.44. The predicted molar refractivity (Wildman–Crippen MR) is 70.0 cm³/mol. The fourth-order valence-electron chi connectivity index (χ4n) is 1.45. The largest absolute Gasteiger partial charge is 0.495 e. The Balaban J connectivity index is 2.30. The van der Waals surface area contributed by atoms with Crippen LogP contribution in [0.3, 0.4) is 0 Å². The Bertz CT molecular complexity index is 610. The zero-order valence-electron chi connectivity index (χ0n) is 9.91. The lowest BCUT2D eigenvalue weighted by atomic mass is 10.2. The van der Waals surface area contributed by atoms with Gasteiger partial charge in [0.15, 0.2) is 0 Å². The van der Waals surface area contributed by atoms with E-state index in [-0.39, 0.29) is 11.5 Å². The van der Waals surface area contributed by atoms with Gasteiger partial charge in [-0.05, 0) is 18.2 Å². The number of ether oxygens (including phenoxy) is 1. The van der Waals surface area contributed by atoms with E-state index in [2.05, 4.69) is 10.3 Å². The van der Waals surface area contributed by atoms with E-state index in [4.69, 9.17) is 9.84 Å². The Hall–Kier alpha value is -2.41. The van der Waals surface area contributed by atoms with Crippen LogP contribution in [0.1, 0.15) is 20.0 Å². The zero-order chi connectivity index (χ0) is 13.8. The number of aromatic nitrogens is 1. The number of methoxy groups -OCH3 is 1. The van der Waals surface area contributed by atoms with Crippen LogP contribution >= 0.6 is 11.3 Å². The Kier molecular flexibility index (Phi) is 3.76. The monoisotopic (exact) mass is 278 g/mol. The van der Waals surface area contributed by atoms with Gasteiger partial charge in [-0.25, -0.2) is 4.79 Å². The molecule has 0 bridgehead atoms. The second-order valence-electron chi connectivity index (χ2n) is 3.54. The summed E-state index contributed by atoms with van der Waals surface area (Å²) in [5.74, 6) is -1.04. The van der Waals surface area contributed by atoms with E-state index in [0.29, 0.717) is 16.3 Å². The molecule has 1 aromatic carbocycles. The molecule has 0 aliphatic heterocycles. The van der Waals surface area contributed by atoms with Crippen molar-refractivity contribution < 1.29 is 19.4 Å². The zero-order valence-corrected chi connectivity index (χ0v) is 10.7. The van der Waals surface area contributed by atoms with Gasteiger partial charge in [0.1, 0.15) is 10.6 Å². The van der Waals surface area contributed by atoms with Gasteiger partial charge in [-0.2, -0.15) is 0 Å². The maximum absolute atomic E-state index is 11.9. The highest BCUT2D eigenvalue weighted by Gasteiger charge is 2.13. The quantitative estimate of drug-likeness (QED) is 0.894. The van der Waals surface area contributed by atoms with Crippen molar-refractivity contribution in [2.24, 2.45) is 0 Å². The minimum absolute atomic E-state index is 0.0698. The summed E-state index contributed by atoms with van der Waals surface area (Å²) < 4.78 is 5.08. The summed E-state index contributed by atoms with van der Waals surface area (Å²) in [4.78, 5) is 27.0. The Morgan fingerprint density at radius 2 is 2.21 bits per heavy atom. The van der Waals surface area contributed by atoms with E-state index >= 15 is 0 Å². The number of hydrogen-bond donors (Lipinski definition) is 2. The van der Waals surface area contributed by atoms with Gasteiger partial charge >= 0.3 is 5.97 Å². The van der Waals surface area contributed by atoms with Crippen LogP contribution in [-0.4, -0.2) is 29.1 Å². The first-order valence-electron chi connectivity index (χ1n) is 5.23. The molecule has 0 aliphatic carbocycles. The molecule has 1 aromatic heterocycles. The van der Waals surface area contributed by atoms with E-state index in [9.17, 15) is 9.59 Å². The van der Waals surface area contributed by atoms with Gasteiger partial charge in [-0.3, -0.25) is 9.78 Å². The second kappa shape index (κ2) is 5.49. The third kappa shape index (κ3) is 2.89. The number of nitrogens with zero attached hydrogens (tertiary/aromatic N) is 1. The number of carboxylic acids is 1. The lowest BCUT2D eigenvalue weighted by Crippen LogP contribution is -2.12. The minimum Gasteiger partial charge on any atom is -0.495 e. The number of thiazole rings is 1. The Labute approximate surface area is 112 Å². The van der Waals surface area contributed by atoms with Crippen LogP contribution in [-0.2, 0) is 0 Å². The van der Waals surface area contributed by atoms with E-state index in [1.807, 2.05) is 0 Å². The maximum Gasteiger partial charge on any atom is 0.335 e. The molecule has 0 fully saturated rings. The molecule has 0 atom stereocenters. The average Bonchev–Trinajstić information content (AvgIpc) is 2.92. The molecule has 19 heavy (non-hydrogen) atoms. The van der Waals surface area contributed by atoms with E-state index in [0.717, 1.165) is 0 Å². The van der Waals surface area contributed by atoms with Crippen LogP contribution in [0, 0.1) is 0 Å². The van der Waals surface area contributed by atoms with Gasteiger partial charge < -0.3 is 15.2 Å². The molecule has 1 amide bonds. The molecule has 2 rings (SSSR count). The number of benzene rings is 1. The Morgan fingerprint density at radius 1 is 1.42 bits per heavy atom. The summed E-state index contributed by atoms with van der Waals surface area (Å²) in [5, 5.41) is 11.5. The van der Waals surface area contributed by atoms with Crippen molar-refractivity contribution in [3.63, 3.8) is 0 Å². The number of amides is 1. The summed E-state index contributed by atoms with van der Waals surface area (Å²) in [7, 11) is 1.44. The Morgan fingerprint density at radius 3 is 2.79 bits per heavy atom. The van der Waals surface area contributed by atoms with Gasteiger partial charge in [-0.15, -0.1) is 11.3 Å². The highest BCUT2D eigenvalue weighted by Crippen LogP contribution is 2.26. The molecule has 98 valence electrons. The number of aromatic carboxylic acids is 1. The molecule has 0 radical (unpaired) electrons. The number of rotatable bonds is 4.